The molecule has 1 N–H and O–H groups in total. The number of hydrogen-bond acceptors (Lipinski definition) is 2. The molecule has 1 nitrogen and oxygen atoms in total. The SMILES string of the molecule is CCCNC(CSCCC)c1ccc(C(F)(F)F)c(F)c1. The van der Waals surface area contributed by atoms with Crippen molar-refractivity contribution in [2.75, 3.05) is 18.1 Å². The second-order valence-corrected chi connectivity index (χ2v) is 5.97. The van der Waals surface area contributed by atoms with Gasteiger partial charge in [-0.25, -0.2) is 4.39 Å². The summed E-state index contributed by atoms with van der Waals surface area (Å²) < 4.78 is 51.4. The van der Waals surface area contributed by atoms with Crippen LogP contribution in [0.3, 0.4) is 0 Å². The molecule has 0 aliphatic carbocycles. The highest BCUT2D eigenvalue weighted by Gasteiger charge is 2.34. The Balaban J connectivity index is 2.88. The average molecular weight is 323 g/mol. The van der Waals surface area contributed by atoms with Gasteiger partial charge in [0.1, 0.15) is 5.82 Å². The third-order valence-electron chi connectivity index (χ3n) is 2.97. The molecule has 1 rings (SSSR count). The summed E-state index contributed by atoms with van der Waals surface area (Å²) >= 11 is 1.72. The van der Waals surface area contributed by atoms with Gasteiger partial charge in [-0.2, -0.15) is 24.9 Å². The third kappa shape index (κ3) is 5.87. The van der Waals surface area contributed by atoms with E-state index < -0.39 is 17.6 Å². The molecule has 0 radical (unpaired) electrons. The van der Waals surface area contributed by atoms with Crippen molar-refractivity contribution in [1.82, 2.24) is 5.32 Å². The first kappa shape index (κ1) is 18.3. The van der Waals surface area contributed by atoms with Crippen molar-refractivity contribution in [3.05, 3.63) is 35.1 Å². The molecule has 0 heterocycles. The molecule has 0 fully saturated rings. The summed E-state index contributed by atoms with van der Waals surface area (Å²) in [5.74, 6) is 0.496. The zero-order valence-electron chi connectivity index (χ0n) is 12.3. The molecule has 1 unspecified atom stereocenters. The highest BCUT2D eigenvalue weighted by Crippen LogP contribution is 2.32. The van der Waals surface area contributed by atoms with Crippen LogP contribution in [-0.4, -0.2) is 18.1 Å². The van der Waals surface area contributed by atoms with Crippen molar-refractivity contribution in [3.8, 4) is 0 Å². The van der Waals surface area contributed by atoms with Crippen molar-refractivity contribution in [3.63, 3.8) is 0 Å². The maximum atomic E-state index is 13.7. The second-order valence-electron chi connectivity index (χ2n) is 4.82. The fraction of sp³-hybridized carbons (Fsp3) is 0.600. The Labute approximate surface area is 127 Å². The molecule has 0 aromatic heterocycles. The molecule has 6 heteroatoms. The van der Waals surface area contributed by atoms with E-state index in [-0.39, 0.29) is 6.04 Å². The predicted octanol–water partition coefficient (Wildman–Crippen LogP) is 5.03. The van der Waals surface area contributed by atoms with Crippen LogP contribution in [0.5, 0.6) is 0 Å². The molecule has 1 atom stereocenters. The largest absolute Gasteiger partial charge is 0.419 e. The summed E-state index contributed by atoms with van der Waals surface area (Å²) in [5.41, 5.74) is -0.640. The molecule has 0 bridgehead atoms. The average Bonchev–Trinajstić information content (AvgIpc) is 2.41. The maximum Gasteiger partial charge on any atom is 0.419 e. The van der Waals surface area contributed by atoms with E-state index in [0.29, 0.717) is 5.56 Å². The van der Waals surface area contributed by atoms with Gasteiger partial charge in [0.25, 0.3) is 0 Å². The smallest absolute Gasteiger partial charge is 0.309 e. The predicted molar refractivity (Wildman–Crippen MR) is 80.1 cm³/mol. The van der Waals surface area contributed by atoms with Crippen LogP contribution in [0.15, 0.2) is 18.2 Å². The Kier molecular flexibility index (Phi) is 7.52. The van der Waals surface area contributed by atoms with Crippen LogP contribution in [0.1, 0.15) is 43.9 Å². The molecule has 0 amide bonds. The molecule has 0 aliphatic heterocycles. The van der Waals surface area contributed by atoms with Crippen molar-refractivity contribution >= 4 is 11.8 Å². The maximum absolute atomic E-state index is 13.7. The lowest BCUT2D eigenvalue weighted by Gasteiger charge is -2.20. The second kappa shape index (κ2) is 8.63. The monoisotopic (exact) mass is 323 g/mol. The topological polar surface area (TPSA) is 12.0 Å². The first-order valence-electron chi connectivity index (χ1n) is 7.07. The summed E-state index contributed by atoms with van der Waals surface area (Å²) in [4.78, 5) is 0. The summed E-state index contributed by atoms with van der Waals surface area (Å²) in [6, 6.07) is 3.07. The zero-order valence-corrected chi connectivity index (χ0v) is 13.1. The van der Waals surface area contributed by atoms with Crippen LogP contribution < -0.4 is 5.32 Å². The van der Waals surface area contributed by atoms with Crippen LogP contribution in [0.4, 0.5) is 17.6 Å². The van der Waals surface area contributed by atoms with Crippen molar-refractivity contribution < 1.29 is 17.6 Å². The number of benzene rings is 1. The molecular formula is C15H21F4NS. The van der Waals surface area contributed by atoms with Gasteiger partial charge in [-0.1, -0.05) is 19.9 Å². The van der Waals surface area contributed by atoms with E-state index >= 15 is 0 Å². The van der Waals surface area contributed by atoms with Crippen LogP contribution >= 0.6 is 11.8 Å². The Morgan fingerprint density at radius 1 is 1.19 bits per heavy atom. The molecule has 120 valence electrons. The van der Waals surface area contributed by atoms with Gasteiger partial charge in [-0.15, -0.1) is 0 Å². The Morgan fingerprint density at radius 2 is 1.90 bits per heavy atom. The lowest BCUT2D eigenvalue weighted by Crippen LogP contribution is -2.24. The molecule has 0 spiro atoms. The van der Waals surface area contributed by atoms with Crippen molar-refractivity contribution in [2.24, 2.45) is 0 Å². The molecule has 0 saturated carbocycles. The zero-order chi connectivity index (χ0) is 15.9. The molecule has 0 aliphatic rings. The van der Waals surface area contributed by atoms with Crippen molar-refractivity contribution in [1.29, 1.82) is 0 Å². The minimum Gasteiger partial charge on any atom is -0.309 e. The number of halogens is 4. The highest BCUT2D eigenvalue weighted by atomic mass is 32.2. The van der Waals surface area contributed by atoms with E-state index in [0.717, 1.165) is 43.0 Å². The number of hydrogen-bond donors (Lipinski definition) is 1. The van der Waals surface area contributed by atoms with E-state index in [1.54, 1.807) is 11.8 Å². The van der Waals surface area contributed by atoms with Gasteiger partial charge in [-0.3, -0.25) is 0 Å². The Hall–Kier alpha value is -0.750. The Morgan fingerprint density at radius 3 is 2.43 bits per heavy atom. The standard InChI is InChI=1S/C15H21F4NS/c1-3-7-20-14(10-21-8-4-2)11-5-6-12(13(16)9-11)15(17,18)19/h5-6,9,14,20H,3-4,7-8,10H2,1-2H3. The van der Waals surface area contributed by atoms with Gasteiger partial charge in [0, 0.05) is 11.8 Å². The first-order chi connectivity index (χ1) is 9.90. The first-order valence-corrected chi connectivity index (χ1v) is 8.23. The van der Waals surface area contributed by atoms with Gasteiger partial charge in [0.05, 0.1) is 5.56 Å². The van der Waals surface area contributed by atoms with Crippen LogP contribution in [-0.2, 0) is 6.18 Å². The normalized spacial score (nSPS) is 13.4. The molecule has 0 saturated heterocycles. The molecule has 1 aromatic rings. The minimum absolute atomic E-state index is 0.127. The van der Waals surface area contributed by atoms with Crippen LogP contribution in [0.2, 0.25) is 0 Å². The minimum atomic E-state index is -4.65. The fourth-order valence-electron chi connectivity index (χ4n) is 1.92. The summed E-state index contributed by atoms with van der Waals surface area (Å²) in [6.07, 6.45) is -2.70. The van der Waals surface area contributed by atoms with E-state index in [1.165, 1.54) is 6.07 Å². The summed E-state index contributed by atoms with van der Waals surface area (Å²) in [7, 11) is 0. The fourth-order valence-corrected chi connectivity index (χ4v) is 2.92. The van der Waals surface area contributed by atoms with E-state index in [2.05, 4.69) is 12.2 Å². The van der Waals surface area contributed by atoms with Crippen LogP contribution in [0, 0.1) is 5.82 Å². The molecule has 21 heavy (non-hydrogen) atoms. The van der Waals surface area contributed by atoms with E-state index in [9.17, 15) is 17.6 Å². The summed E-state index contributed by atoms with van der Waals surface area (Å²) in [5, 5.41) is 3.26. The molecule has 1 aromatic carbocycles. The van der Waals surface area contributed by atoms with Gasteiger partial charge in [-0.05, 0) is 42.8 Å². The lowest BCUT2D eigenvalue weighted by molar-refractivity contribution is -0.140. The number of alkyl halides is 3. The van der Waals surface area contributed by atoms with E-state index in [4.69, 9.17) is 0 Å². The Bertz CT molecular complexity index is 434. The lowest BCUT2D eigenvalue weighted by atomic mass is 10.0. The van der Waals surface area contributed by atoms with Gasteiger partial charge >= 0.3 is 6.18 Å². The number of nitrogens with one attached hydrogen (secondary N) is 1. The van der Waals surface area contributed by atoms with Gasteiger partial charge in [0.15, 0.2) is 0 Å². The van der Waals surface area contributed by atoms with Crippen LogP contribution in [0.25, 0.3) is 0 Å². The quantitative estimate of drug-likeness (QED) is 0.532. The molecular weight excluding hydrogens is 302 g/mol. The van der Waals surface area contributed by atoms with E-state index in [1.807, 2.05) is 6.92 Å². The highest BCUT2D eigenvalue weighted by molar-refractivity contribution is 7.99. The number of rotatable bonds is 8. The third-order valence-corrected chi connectivity index (χ3v) is 4.24. The van der Waals surface area contributed by atoms with Gasteiger partial charge < -0.3 is 5.32 Å². The van der Waals surface area contributed by atoms with Gasteiger partial charge in [0.2, 0.25) is 0 Å². The van der Waals surface area contributed by atoms with Crippen molar-refractivity contribution in [2.45, 2.75) is 38.9 Å². The summed E-state index contributed by atoms with van der Waals surface area (Å²) in [6.45, 7) is 4.83. The number of thioether (sulfide) groups is 1.